The summed E-state index contributed by atoms with van der Waals surface area (Å²) in [5.41, 5.74) is 1.72. The van der Waals surface area contributed by atoms with Crippen molar-refractivity contribution in [3.63, 3.8) is 0 Å². The fourth-order valence-corrected chi connectivity index (χ4v) is 3.46. The van der Waals surface area contributed by atoms with Gasteiger partial charge in [-0.2, -0.15) is 0 Å². The first-order chi connectivity index (χ1) is 11.7. The van der Waals surface area contributed by atoms with E-state index in [1.807, 2.05) is 31.3 Å². The number of aromatic nitrogens is 1. The highest BCUT2D eigenvalue weighted by atomic mass is 16.5. The molecular weight excluding hydrogens is 300 g/mol. The van der Waals surface area contributed by atoms with Crippen molar-refractivity contribution in [3.8, 4) is 0 Å². The predicted octanol–water partition coefficient (Wildman–Crippen LogP) is 3.18. The number of hydrogen-bond acceptors (Lipinski definition) is 4. The van der Waals surface area contributed by atoms with E-state index in [4.69, 9.17) is 4.74 Å². The third kappa shape index (κ3) is 3.49. The number of pyridine rings is 1. The number of nitrogens with zero attached hydrogens (tertiary/aromatic N) is 2. The molecule has 0 amide bonds. The van der Waals surface area contributed by atoms with Crippen molar-refractivity contribution >= 4 is 5.97 Å². The lowest BCUT2D eigenvalue weighted by molar-refractivity contribution is -0.152. The van der Waals surface area contributed by atoms with Gasteiger partial charge in [-0.1, -0.05) is 36.4 Å². The summed E-state index contributed by atoms with van der Waals surface area (Å²) >= 11 is 0. The molecule has 0 saturated carbocycles. The van der Waals surface area contributed by atoms with Crippen LogP contribution < -0.4 is 0 Å². The smallest absolute Gasteiger partial charge is 0.316 e. The van der Waals surface area contributed by atoms with Crippen molar-refractivity contribution in [2.24, 2.45) is 0 Å². The maximum absolute atomic E-state index is 12.7. The summed E-state index contributed by atoms with van der Waals surface area (Å²) in [7, 11) is 0. The Morgan fingerprint density at radius 2 is 1.92 bits per heavy atom. The molecule has 0 atom stereocenters. The lowest BCUT2D eigenvalue weighted by Crippen LogP contribution is -2.47. The zero-order valence-corrected chi connectivity index (χ0v) is 14.1. The predicted molar refractivity (Wildman–Crippen MR) is 93.5 cm³/mol. The van der Waals surface area contributed by atoms with Crippen LogP contribution in [0.2, 0.25) is 0 Å². The number of piperidine rings is 1. The van der Waals surface area contributed by atoms with Crippen LogP contribution in [-0.4, -0.2) is 35.5 Å². The highest BCUT2D eigenvalue weighted by molar-refractivity contribution is 5.83. The first-order valence-corrected chi connectivity index (χ1v) is 8.58. The second-order valence-electron chi connectivity index (χ2n) is 6.31. The molecule has 1 aromatic heterocycles. The van der Waals surface area contributed by atoms with Crippen molar-refractivity contribution in [2.75, 3.05) is 19.7 Å². The minimum absolute atomic E-state index is 0.114. The van der Waals surface area contributed by atoms with Crippen LogP contribution in [0.25, 0.3) is 0 Å². The van der Waals surface area contributed by atoms with Gasteiger partial charge in [-0.15, -0.1) is 0 Å². The Bertz CT molecular complexity index is 650. The first-order valence-electron chi connectivity index (χ1n) is 8.58. The Balaban J connectivity index is 1.75. The monoisotopic (exact) mass is 324 g/mol. The molecule has 0 spiro atoms. The topological polar surface area (TPSA) is 42.4 Å². The van der Waals surface area contributed by atoms with Gasteiger partial charge in [0.15, 0.2) is 0 Å². The number of rotatable bonds is 5. The van der Waals surface area contributed by atoms with E-state index in [0.29, 0.717) is 6.61 Å². The minimum atomic E-state index is -0.558. The van der Waals surface area contributed by atoms with Crippen molar-refractivity contribution in [1.29, 1.82) is 0 Å². The van der Waals surface area contributed by atoms with Crippen LogP contribution in [0.1, 0.15) is 30.9 Å². The van der Waals surface area contributed by atoms with Crippen LogP contribution in [0, 0.1) is 0 Å². The van der Waals surface area contributed by atoms with Gasteiger partial charge in [0.25, 0.3) is 0 Å². The molecule has 24 heavy (non-hydrogen) atoms. The normalized spacial score (nSPS) is 17.4. The molecule has 1 fully saturated rings. The molecule has 0 N–H and O–H groups in total. The minimum Gasteiger partial charge on any atom is -0.465 e. The van der Waals surface area contributed by atoms with Gasteiger partial charge in [0.1, 0.15) is 0 Å². The molecule has 1 aliphatic heterocycles. The van der Waals surface area contributed by atoms with Gasteiger partial charge in [-0.05, 0) is 50.0 Å². The largest absolute Gasteiger partial charge is 0.465 e. The summed E-state index contributed by atoms with van der Waals surface area (Å²) in [6, 6.07) is 14.4. The van der Waals surface area contributed by atoms with Crippen molar-refractivity contribution < 1.29 is 9.53 Å². The molecule has 2 heterocycles. The van der Waals surface area contributed by atoms with Gasteiger partial charge in [0.05, 0.1) is 12.0 Å². The van der Waals surface area contributed by atoms with Crippen LogP contribution in [-0.2, 0) is 21.5 Å². The van der Waals surface area contributed by atoms with Gasteiger partial charge in [0, 0.05) is 18.9 Å². The lowest BCUT2D eigenvalue weighted by Gasteiger charge is -2.40. The molecule has 1 aromatic carbocycles. The van der Waals surface area contributed by atoms with Crippen molar-refractivity contribution in [2.45, 2.75) is 31.7 Å². The lowest BCUT2D eigenvalue weighted by atomic mass is 9.73. The van der Waals surface area contributed by atoms with Crippen molar-refractivity contribution in [1.82, 2.24) is 9.88 Å². The van der Waals surface area contributed by atoms with Crippen LogP contribution in [0.4, 0.5) is 0 Å². The maximum atomic E-state index is 12.7. The zero-order chi connectivity index (χ0) is 16.8. The molecule has 4 heteroatoms. The van der Waals surface area contributed by atoms with Crippen molar-refractivity contribution in [3.05, 3.63) is 66.0 Å². The van der Waals surface area contributed by atoms with E-state index >= 15 is 0 Å². The van der Waals surface area contributed by atoms with E-state index in [1.165, 1.54) is 5.56 Å². The molecule has 4 nitrogen and oxygen atoms in total. The summed E-state index contributed by atoms with van der Waals surface area (Å²) in [6.07, 6.45) is 5.09. The highest BCUT2D eigenvalue weighted by Gasteiger charge is 2.44. The van der Waals surface area contributed by atoms with E-state index in [9.17, 15) is 4.79 Å². The third-order valence-electron chi connectivity index (χ3n) is 4.84. The third-order valence-corrected chi connectivity index (χ3v) is 4.84. The first kappa shape index (κ1) is 16.7. The summed E-state index contributed by atoms with van der Waals surface area (Å²) in [5, 5.41) is 0. The Hall–Kier alpha value is -2.20. The molecule has 3 rings (SSSR count). The molecule has 126 valence electrons. The van der Waals surface area contributed by atoms with E-state index in [1.54, 1.807) is 6.20 Å². The summed E-state index contributed by atoms with van der Waals surface area (Å²) in [4.78, 5) is 19.3. The quantitative estimate of drug-likeness (QED) is 0.792. The Morgan fingerprint density at radius 1 is 1.17 bits per heavy atom. The number of ether oxygens (including phenoxy) is 1. The number of carbonyl (C=O) groups excluding carboxylic acids is 1. The fraction of sp³-hybridized carbons (Fsp3) is 0.400. The molecule has 0 bridgehead atoms. The molecule has 1 saturated heterocycles. The van der Waals surface area contributed by atoms with Crippen LogP contribution in [0.15, 0.2) is 54.9 Å². The zero-order valence-electron chi connectivity index (χ0n) is 14.1. The number of esters is 1. The van der Waals surface area contributed by atoms with E-state index in [-0.39, 0.29) is 5.97 Å². The average molecular weight is 324 g/mol. The van der Waals surface area contributed by atoms with E-state index in [0.717, 1.165) is 38.0 Å². The molecule has 0 aliphatic carbocycles. The summed E-state index contributed by atoms with van der Waals surface area (Å²) in [6.45, 7) is 4.95. The number of hydrogen-bond donors (Lipinski definition) is 0. The SMILES string of the molecule is CCOC(=O)C1(c2cccnc2)CCN(Cc2ccccc2)CC1. The highest BCUT2D eigenvalue weighted by Crippen LogP contribution is 2.37. The molecule has 1 aliphatic rings. The Morgan fingerprint density at radius 3 is 2.54 bits per heavy atom. The van der Waals surface area contributed by atoms with E-state index in [2.05, 4.69) is 34.1 Å². The number of benzene rings is 1. The maximum Gasteiger partial charge on any atom is 0.316 e. The Labute approximate surface area is 143 Å². The summed E-state index contributed by atoms with van der Waals surface area (Å²) in [5.74, 6) is -0.114. The second-order valence-corrected chi connectivity index (χ2v) is 6.31. The fourth-order valence-electron chi connectivity index (χ4n) is 3.46. The van der Waals surface area contributed by atoms with Crippen LogP contribution in [0.5, 0.6) is 0 Å². The standard InChI is InChI=1S/C20H24N2O2/c1-2-24-19(23)20(18-9-6-12-21-15-18)10-13-22(14-11-20)16-17-7-4-3-5-8-17/h3-9,12,15H,2,10-11,13-14,16H2,1H3. The number of likely N-dealkylation sites (tertiary alicyclic amines) is 1. The van der Waals surface area contributed by atoms with Gasteiger partial charge < -0.3 is 4.74 Å². The van der Waals surface area contributed by atoms with E-state index < -0.39 is 5.41 Å². The van der Waals surface area contributed by atoms with Gasteiger partial charge in [0.2, 0.25) is 0 Å². The molecule has 0 radical (unpaired) electrons. The Kier molecular flexibility index (Phi) is 5.26. The molecular formula is C20H24N2O2. The number of carbonyl (C=O) groups is 1. The molecule has 2 aromatic rings. The van der Waals surface area contributed by atoms with Crippen LogP contribution in [0.3, 0.4) is 0 Å². The van der Waals surface area contributed by atoms with Gasteiger partial charge in [-0.3, -0.25) is 14.7 Å². The summed E-state index contributed by atoms with van der Waals surface area (Å²) < 4.78 is 5.41. The average Bonchev–Trinajstić information content (AvgIpc) is 2.64. The van der Waals surface area contributed by atoms with Gasteiger partial charge >= 0.3 is 5.97 Å². The van der Waals surface area contributed by atoms with Gasteiger partial charge in [-0.25, -0.2) is 0 Å². The molecule has 0 unspecified atom stereocenters. The second kappa shape index (κ2) is 7.58. The van der Waals surface area contributed by atoms with Crippen LogP contribution >= 0.6 is 0 Å².